The summed E-state index contributed by atoms with van der Waals surface area (Å²) in [5, 5.41) is 3.95. The van der Waals surface area contributed by atoms with Crippen LogP contribution in [0.2, 0.25) is 5.02 Å². The first kappa shape index (κ1) is 28.1. The van der Waals surface area contributed by atoms with Crippen LogP contribution in [0.5, 0.6) is 0 Å². The molecule has 1 aliphatic carbocycles. The number of hydrogen-bond donors (Lipinski definition) is 1. The zero-order valence-electron chi connectivity index (χ0n) is 22.6. The summed E-state index contributed by atoms with van der Waals surface area (Å²) < 4.78 is 23.5. The van der Waals surface area contributed by atoms with E-state index in [9.17, 15) is 18.0 Å². The molecule has 2 saturated heterocycles. The third kappa shape index (κ3) is 6.34. The van der Waals surface area contributed by atoms with E-state index in [1.807, 2.05) is 29.2 Å². The molecule has 0 radical (unpaired) electrons. The summed E-state index contributed by atoms with van der Waals surface area (Å²) in [4.78, 5) is 30.9. The van der Waals surface area contributed by atoms with Crippen molar-refractivity contribution in [3.05, 3.63) is 64.7 Å². The van der Waals surface area contributed by atoms with Gasteiger partial charge in [-0.15, -0.1) is 0 Å². The maximum atomic E-state index is 13.5. The van der Waals surface area contributed by atoms with Crippen LogP contribution in [0, 0.1) is 11.3 Å². The Hall–Kier alpha value is -2.42. The van der Waals surface area contributed by atoms with E-state index < -0.39 is 9.84 Å². The topological polar surface area (TPSA) is 86.8 Å². The SMILES string of the molecule is CS(=O)(=O)c1ccc(CN2CCC3(CCN(CCC(NC(=O)C4CCC4)c4ccccc4Cl)CC3)C2=O)cc1. The summed E-state index contributed by atoms with van der Waals surface area (Å²) in [6, 6.07) is 14.5. The average Bonchev–Trinajstić information content (AvgIpc) is 3.16. The number of sulfone groups is 1. The molecule has 5 rings (SSSR count). The fourth-order valence-electron chi connectivity index (χ4n) is 6.11. The van der Waals surface area contributed by atoms with E-state index in [-0.39, 0.29) is 29.2 Å². The molecular weight excluding hydrogens is 534 g/mol. The number of benzene rings is 2. The predicted molar refractivity (Wildman–Crippen MR) is 152 cm³/mol. The maximum Gasteiger partial charge on any atom is 0.229 e. The number of carbonyl (C=O) groups excluding carboxylic acids is 2. The number of piperidine rings is 1. The van der Waals surface area contributed by atoms with Crippen LogP contribution in [0.3, 0.4) is 0 Å². The summed E-state index contributed by atoms with van der Waals surface area (Å²) in [7, 11) is -3.23. The zero-order chi connectivity index (χ0) is 27.6. The van der Waals surface area contributed by atoms with Crippen LogP contribution in [0.1, 0.15) is 62.1 Å². The molecule has 2 aliphatic heterocycles. The number of nitrogens with zero attached hydrogens (tertiary/aromatic N) is 2. The summed E-state index contributed by atoms with van der Waals surface area (Å²) in [6.45, 7) is 3.79. The molecule has 1 N–H and O–H groups in total. The van der Waals surface area contributed by atoms with Crippen LogP contribution >= 0.6 is 11.6 Å². The monoisotopic (exact) mass is 571 g/mol. The minimum Gasteiger partial charge on any atom is -0.349 e. The number of amides is 2. The van der Waals surface area contributed by atoms with Crippen molar-refractivity contribution in [1.29, 1.82) is 0 Å². The smallest absolute Gasteiger partial charge is 0.229 e. The van der Waals surface area contributed by atoms with Crippen LogP contribution in [0.15, 0.2) is 53.4 Å². The number of carbonyl (C=O) groups is 2. The minimum absolute atomic E-state index is 0.124. The standard InChI is InChI=1S/C30H38ClN3O4S/c1-39(37,38)24-11-9-22(10-12-24)21-34-20-16-30(29(34)36)14-18-33(19-15-30)17-13-27(25-7-2-3-8-26(25)31)32-28(35)23-5-4-6-23/h2-3,7-12,23,27H,4-6,13-21H2,1H3,(H,32,35). The molecule has 0 aromatic heterocycles. The molecule has 1 spiro atoms. The molecule has 39 heavy (non-hydrogen) atoms. The summed E-state index contributed by atoms with van der Waals surface area (Å²) >= 11 is 6.51. The molecule has 2 aromatic rings. The molecule has 3 aliphatic rings. The fraction of sp³-hybridized carbons (Fsp3) is 0.533. The largest absolute Gasteiger partial charge is 0.349 e. The number of hydrogen-bond acceptors (Lipinski definition) is 5. The number of likely N-dealkylation sites (tertiary alicyclic amines) is 2. The molecule has 7 nitrogen and oxygen atoms in total. The molecule has 2 heterocycles. The average molecular weight is 572 g/mol. The molecule has 1 atom stereocenters. The van der Waals surface area contributed by atoms with Crippen LogP contribution in [-0.4, -0.2) is 62.5 Å². The summed E-state index contributed by atoms with van der Waals surface area (Å²) in [6.07, 6.45) is 7.56. The van der Waals surface area contributed by atoms with Crippen LogP contribution in [0.4, 0.5) is 0 Å². The molecule has 1 unspecified atom stereocenters. The van der Waals surface area contributed by atoms with Crippen molar-refractivity contribution < 1.29 is 18.0 Å². The van der Waals surface area contributed by atoms with Gasteiger partial charge >= 0.3 is 0 Å². The van der Waals surface area contributed by atoms with Crippen LogP contribution < -0.4 is 5.32 Å². The highest BCUT2D eigenvalue weighted by molar-refractivity contribution is 7.90. The molecule has 2 aromatic carbocycles. The van der Waals surface area contributed by atoms with E-state index in [0.717, 1.165) is 82.3 Å². The third-order valence-electron chi connectivity index (χ3n) is 8.95. The maximum absolute atomic E-state index is 13.5. The second kappa shape index (κ2) is 11.6. The Labute approximate surface area is 236 Å². The van der Waals surface area contributed by atoms with Gasteiger partial charge in [0.15, 0.2) is 9.84 Å². The normalized spacial score (nSPS) is 20.7. The van der Waals surface area contributed by atoms with Crippen molar-refractivity contribution >= 4 is 33.3 Å². The van der Waals surface area contributed by atoms with Gasteiger partial charge in [-0.25, -0.2) is 8.42 Å². The van der Waals surface area contributed by atoms with E-state index in [2.05, 4.69) is 10.2 Å². The quantitative estimate of drug-likeness (QED) is 0.475. The van der Waals surface area contributed by atoms with Gasteiger partial charge in [0, 0.05) is 36.8 Å². The van der Waals surface area contributed by atoms with Crippen molar-refractivity contribution in [1.82, 2.24) is 15.1 Å². The lowest BCUT2D eigenvalue weighted by atomic mass is 9.77. The first-order valence-electron chi connectivity index (χ1n) is 14.0. The molecule has 9 heteroatoms. The van der Waals surface area contributed by atoms with E-state index in [4.69, 9.17) is 11.6 Å². The van der Waals surface area contributed by atoms with Crippen molar-refractivity contribution in [2.75, 3.05) is 32.4 Å². The van der Waals surface area contributed by atoms with Gasteiger partial charge in [-0.3, -0.25) is 9.59 Å². The number of rotatable bonds is 9. The Bertz CT molecular complexity index is 1300. The van der Waals surface area contributed by atoms with Crippen molar-refractivity contribution in [2.24, 2.45) is 11.3 Å². The van der Waals surface area contributed by atoms with Crippen LogP contribution in [-0.2, 0) is 26.0 Å². The summed E-state index contributed by atoms with van der Waals surface area (Å²) in [5.41, 5.74) is 1.61. The second-order valence-electron chi connectivity index (χ2n) is 11.5. The number of halogens is 1. The Morgan fingerprint density at radius 3 is 2.33 bits per heavy atom. The highest BCUT2D eigenvalue weighted by atomic mass is 35.5. The zero-order valence-corrected chi connectivity index (χ0v) is 24.1. The Morgan fingerprint density at radius 2 is 1.72 bits per heavy atom. The molecule has 210 valence electrons. The van der Waals surface area contributed by atoms with Gasteiger partial charge in [0.25, 0.3) is 0 Å². The Morgan fingerprint density at radius 1 is 1.05 bits per heavy atom. The lowest BCUT2D eigenvalue weighted by Crippen LogP contribution is -2.45. The molecular formula is C30H38ClN3O4S. The molecule has 1 saturated carbocycles. The predicted octanol–water partition coefficient (Wildman–Crippen LogP) is 4.61. The Kier molecular flexibility index (Phi) is 8.36. The van der Waals surface area contributed by atoms with Gasteiger partial charge in [-0.1, -0.05) is 48.4 Å². The van der Waals surface area contributed by atoms with Gasteiger partial charge < -0.3 is 15.1 Å². The van der Waals surface area contributed by atoms with E-state index in [0.29, 0.717) is 16.5 Å². The van der Waals surface area contributed by atoms with Gasteiger partial charge in [0.2, 0.25) is 11.8 Å². The van der Waals surface area contributed by atoms with Gasteiger partial charge in [-0.05, 0) is 80.9 Å². The van der Waals surface area contributed by atoms with E-state index >= 15 is 0 Å². The lowest BCUT2D eigenvalue weighted by molar-refractivity contribution is -0.139. The van der Waals surface area contributed by atoms with Crippen LogP contribution in [0.25, 0.3) is 0 Å². The van der Waals surface area contributed by atoms with Crippen molar-refractivity contribution in [3.63, 3.8) is 0 Å². The lowest BCUT2D eigenvalue weighted by Gasteiger charge is -2.38. The Balaban J connectivity index is 1.15. The van der Waals surface area contributed by atoms with Gasteiger partial charge in [0.05, 0.1) is 16.4 Å². The van der Waals surface area contributed by atoms with Crippen molar-refractivity contribution in [2.45, 2.75) is 62.4 Å². The molecule has 0 bridgehead atoms. The highest BCUT2D eigenvalue weighted by Gasteiger charge is 2.47. The van der Waals surface area contributed by atoms with E-state index in [1.54, 1.807) is 24.3 Å². The minimum atomic E-state index is -3.23. The van der Waals surface area contributed by atoms with E-state index in [1.165, 1.54) is 6.26 Å². The summed E-state index contributed by atoms with van der Waals surface area (Å²) in [5.74, 6) is 0.473. The molecule has 2 amide bonds. The van der Waals surface area contributed by atoms with Crippen molar-refractivity contribution in [3.8, 4) is 0 Å². The highest BCUT2D eigenvalue weighted by Crippen LogP contribution is 2.42. The third-order valence-corrected chi connectivity index (χ3v) is 10.4. The first-order chi connectivity index (χ1) is 18.6. The first-order valence-corrected chi connectivity index (χ1v) is 16.3. The second-order valence-corrected chi connectivity index (χ2v) is 13.9. The van der Waals surface area contributed by atoms with Gasteiger partial charge in [-0.2, -0.15) is 0 Å². The van der Waals surface area contributed by atoms with Gasteiger partial charge in [0.1, 0.15) is 0 Å². The number of nitrogens with one attached hydrogen (secondary N) is 1. The fourth-order valence-corrected chi connectivity index (χ4v) is 7.01. The molecule has 3 fully saturated rings.